The minimum absolute atomic E-state index is 0.0380. The van der Waals surface area contributed by atoms with Crippen molar-refractivity contribution >= 4 is 18.5 Å². The number of nitrogens with zero attached hydrogens (tertiary/aromatic N) is 5. The number of hydrazone groups is 1. The predicted octanol–water partition coefficient (Wildman–Crippen LogP) is 3.63. The van der Waals surface area contributed by atoms with Gasteiger partial charge in [0.05, 0.1) is 0 Å². The van der Waals surface area contributed by atoms with Gasteiger partial charge >= 0.3 is 0 Å². The largest absolute Gasteiger partial charge is 0.355 e. The van der Waals surface area contributed by atoms with E-state index in [9.17, 15) is 9.18 Å². The Balaban J connectivity index is 1.55. The number of aliphatic imine (C=N–C) groups is 1. The van der Waals surface area contributed by atoms with Crippen LogP contribution in [0.2, 0.25) is 0 Å². The second-order valence-electron chi connectivity index (χ2n) is 9.13. The molecule has 1 amide bonds. The Hall–Kier alpha value is -3.00. The van der Waals surface area contributed by atoms with Crippen molar-refractivity contribution in [2.24, 2.45) is 15.8 Å². The number of rotatable bonds is 4. The van der Waals surface area contributed by atoms with Crippen LogP contribution in [0.3, 0.4) is 0 Å². The molecule has 8 heteroatoms. The van der Waals surface area contributed by atoms with E-state index in [0.29, 0.717) is 29.9 Å². The van der Waals surface area contributed by atoms with Gasteiger partial charge in [0.1, 0.15) is 11.7 Å². The highest BCUT2D eigenvalue weighted by atomic mass is 19.1. The number of carbonyl (C=O) groups is 1. The van der Waals surface area contributed by atoms with Gasteiger partial charge in [-0.05, 0) is 75.8 Å². The summed E-state index contributed by atoms with van der Waals surface area (Å²) in [6.45, 7) is 9.87. The molecule has 3 aliphatic rings. The quantitative estimate of drug-likeness (QED) is 0.708. The zero-order chi connectivity index (χ0) is 23.5. The summed E-state index contributed by atoms with van der Waals surface area (Å²) in [5, 5.41) is 5.80. The average molecular weight is 453 g/mol. The Bertz CT molecular complexity index is 1020. The second kappa shape index (κ2) is 9.87. The van der Waals surface area contributed by atoms with Crippen LogP contribution in [0.1, 0.15) is 54.9 Å². The Labute approximate surface area is 195 Å². The van der Waals surface area contributed by atoms with Crippen LogP contribution in [0.25, 0.3) is 0 Å². The van der Waals surface area contributed by atoms with Crippen molar-refractivity contribution in [3.05, 3.63) is 58.8 Å². The first-order valence-electron chi connectivity index (χ1n) is 11.7. The molecule has 0 aromatic heterocycles. The lowest BCUT2D eigenvalue weighted by molar-refractivity contribution is 0.0615. The third-order valence-corrected chi connectivity index (χ3v) is 6.68. The molecule has 2 fully saturated rings. The van der Waals surface area contributed by atoms with Crippen LogP contribution in [-0.4, -0.2) is 65.0 Å². The van der Waals surface area contributed by atoms with E-state index in [1.807, 2.05) is 24.1 Å². The highest BCUT2D eigenvalue weighted by Gasteiger charge is 2.29. The summed E-state index contributed by atoms with van der Waals surface area (Å²) in [4.78, 5) is 22.3. The van der Waals surface area contributed by atoms with E-state index in [1.54, 1.807) is 18.0 Å². The molecule has 0 radical (unpaired) electrons. The molecule has 2 atom stereocenters. The fourth-order valence-corrected chi connectivity index (χ4v) is 4.88. The third-order valence-electron chi connectivity index (χ3n) is 6.68. The van der Waals surface area contributed by atoms with E-state index in [1.165, 1.54) is 12.1 Å². The number of halogens is 1. The molecular formula is C25H33FN6O. The number of likely N-dealkylation sites (tertiary alicyclic amines) is 2. The van der Waals surface area contributed by atoms with E-state index in [-0.39, 0.29) is 23.8 Å². The number of benzene rings is 1. The number of hydrogen-bond acceptors (Lipinski definition) is 6. The molecule has 0 spiro atoms. The molecule has 7 nitrogen and oxygen atoms in total. The fraction of sp³-hybridized carbons (Fsp3) is 0.480. The number of carbonyl (C=O) groups excluding carboxylic acids is 1. The topological polar surface area (TPSA) is 77.5 Å². The van der Waals surface area contributed by atoms with Crippen LogP contribution >= 0.6 is 0 Å². The zero-order valence-electron chi connectivity index (χ0n) is 19.5. The zero-order valence-corrected chi connectivity index (χ0v) is 19.5. The summed E-state index contributed by atoms with van der Waals surface area (Å²) in [5.41, 5.74) is 8.35. The molecule has 2 saturated heterocycles. The van der Waals surface area contributed by atoms with Crippen molar-refractivity contribution < 1.29 is 9.18 Å². The molecular weight excluding hydrogens is 419 g/mol. The molecule has 33 heavy (non-hydrogen) atoms. The molecule has 4 rings (SSSR count). The summed E-state index contributed by atoms with van der Waals surface area (Å²) in [7, 11) is 0. The van der Waals surface area contributed by atoms with Gasteiger partial charge in [-0.15, -0.1) is 0 Å². The van der Waals surface area contributed by atoms with Crippen molar-refractivity contribution in [2.75, 3.05) is 19.6 Å². The van der Waals surface area contributed by atoms with Crippen LogP contribution in [0.4, 0.5) is 4.39 Å². The number of piperidine rings is 1. The number of hydrogen-bond donors (Lipinski definition) is 1. The van der Waals surface area contributed by atoms with E-state index in [4.69, 9.17) is 10.7 Å². The molecule has 2 N–H and O–H groups in total. The maximum Gasteiger partial charge on any atom is 0.254 e. The van der Waals surface area contributed by atoms with Gasteiger partial charge in [-0.3, -0.25) is 4.79 Å². The first-order valence-corrected chi connectivity index (χ1v) is 11.7. The minimum atomic E-state index is -0.325. The Kier molecular flexibility index (Phi) is 6.93. The second-order valence-corrected chi connectivity index (χ2v) is 9.13. The number of amidine groups is 1. The van der Waals surface area contributed by atoms with E-state index in [0.717, 1.165) is 50.2 Å². The summed E-state index contributed by atoms with van der Waals surface area (Å²) >= 11 is 0. The van der Waals surface area contributed by atoms with Gasteiger partial charge in [-0.2, -0.15) is 5.10 Å². The van der Waals surface area contributed by atoms with Crippen molar-refractivity contribution in [3.63, 3.8) is 0 Å². The molecule has 2 unspecified atom stereocenters. The lowest BCUT2D eigenvalue weighted by Crippen LogP contribution is -2.43. The summed E-state index contributed by atoms with van der Waals surface area (Å²) in [6, 6.07) is 4.58. The van der Waals surface area contributed by atoms with Crippen LogP contribution in [0.15, 0.2) is 52.0 Å². The number of aryl methyl sites for hydroxylation is 1. The Morgan fingerprint density at radius 2 is 2.12 bits per heavy atom. The SMILES string of the molecule is C=NN1C=C(C)C(N2CCC(N)C2)=N/C1=C/CC1CCCCN1C(=O)c1ccc(F)cc1C. The molecule has 0 bridgehead atoms. The predicted molar refractivity (Wildman–Crippen MR) is 129 cm³/mol. The van der Waals surface area contributed by atoms with Crippen LogP contribution in [0, 0.1) is 12.7 Å². The maximum atomic E-state index is 13.5. The van der Waals surface area contributed by atoms with Gasteiger partial charge in [0.15, 0.2) is 5.82 Å². The molecule has 0 aliphatic carbocycles. The first kappa shape index (κ1) is 23.2. The van der Waals surface area contributed by atoms with Crippen LogP contribution < -0.4 is 5.73 Å². The minimum Gasteiger partial charge on any atom is -0.355 e. The van der Waals surface area contributed by atoms with Crippen molar-refractivity contribution in [2.45, 2.75) is 58.0 Å². The summed E-state index contributed by atoms with van der Waals surface area (Å²) in [5.74, 6) is 1.27. The van der Waals surface area contributed by atoms with Gasteiger partial charge in [0.2, 0.25) is 0 Å². The van der Waals surface area contributed by atoms with Crippen LogP contribution in [-0.2, 0) is 0 Å². The van der Waals surface area contributed by atoms with E-state index < -0.39 is 0 Å². The Morgan fingerprint density at radius 3 is 2.82 bits per heavy atom. The molecule has 3 aliphatic heterocycles. The summed E-state index contributed by atoms with van der Waals surface area (Å²) < 4.78 is 13.5. The van der Waals surface area contributed by atoms with Crippen molar-refractivity contribution in [1.29, 1.82) is 0 Å². The molecule has 1 aromatic rings. The summed E-state index contributed by atoms with van der Waals surface area (Å²) in [6.07, 6.45) is 8.57. The normalized spacial score (nSPS) is 24.7. The smallest absolute Gasteiger partial charge is 0.254 e. The average Bonchev–Trinajstić information content (AvgIpc) is 3.23. The third kappa shape index (κ3) is 5.00. The monoisotopic (exact) mass is 452 g/mol. The molecule has 1 aromatic carbocycles. The first-order chi connectivity index (χ1) is 15.9. The lowest BCUT2D eigenvalue weighted by atomic mass is 9.97. The highest BCUT2D eigenvalue weighted by Crippen LogP contribution is 2.27. The standard InChI is InChI=1S/C25H33FN6O/c1-17-14-19(26)7-9-22(17)25(33)31-12-5-4-6-21(31)8-10-23-29-24(18(2)15-32(23)28-3)30-13-11-20(27)16-30/h7,9-10,14-15,20-21H,3-6,8,11-13,16,27H2,1-2H3/b23-10-. The van der Waals surface area contributed by atoms with Crippen LogP contribution in [0.5, 0.6) is 0 Å². The maximum absolute atomic E-state index is 13.5. The number of nitrogens with two attached hydrogens (primary N) is 1. The Morgan fingerprint density at radius 1 is 1.30 bits per heavy atom. The van der Waals surface area contributed by atoms with Crippen molar-refractivity contribution in [3.8, 4) is 0 Å². The van der Waals surface area contributed by atoms with E-state index in [2.05, 4.69) is 16.7 Å². The van der Waals surface area contributed by atoms with Gasteiger partial charge < -0.3 is 15.5 Å². The molecule has 0 saturated carbocycles. The lowest BCUT2D eigenvalue weighted by Gasteiger charge is -2.36. The fourth-order valence-electron chi connectivity index (χ4n) is 4.88. The highest BCUT2D eigenvalue weighted by molar-refractivity contribution is 5.99. The molecule has 176 valence electrons. The van der Waals surface area contributed by atoms with E-state index >= 15 is 0 Å². The molecule has 3 heterocycles. The van der Waals surface area contributed by atoms with Gasteiger partial charge in [0.25, 0.3) is 5.91 Å². The van der Waals surface area contributed by atoms with Crippen molar-refractivity contribution in [1.82, 2.24) is 14.8 Å². The van der Waals surface area contributed by atoms with Gasteiger partial charge in [-0.1, -0.05) is 0 Å². The van der Waals surface area contributed by atoms with Gasteiger partial charge in [0, 0.05) is 55.8 Å². The van der Waals surface area contributed by atoms with Gasteiger partial charge in [-0.25, -0.2) is 14.4 Å². The number of amides is 1.